The van der Waals surface area contributed by atoms with Gasteiger partial charge in [0.1, 0.15) is 6.04 Å². The molecular weight excluding hydrogens is 522 g/mol. The number of anilines is 3. The molecule has 0 saturated heterocycles. The topological polar surface area (TPSA) is 113 Å². The first-order chi connectivity index (χ1) is 17.9. The van der Waals surface area contributed by atoms with E-state index in [9.17, 15) is 21.6 Å². The molecule has 1 atom stereocenters. The van der Waals surface area contributed by atoms with Gasteiger partial charge in [0.05, 0.1) is 22.5 Å². The molecule has 1 amide bonds. The van der Waals surface area contributed by atoms with Crippen molar-refractivity contribution in [1.29, 1.82) is 0 Å². The van der Waals surface area contributed by atoms with E-state index in [4.69, 9.17) is 0 Å². The van der Waals surface area contributed by atoms with Crippen molar-refractivity contribution in [3.05, 3.63) is 96.1 Å². The van der Waals surface area contributed by atoms with Crippen LogP contribution in [0.5, 0.6) is 0 Å². The third kappa shape index (κ3) is 5.81. The predicted molar refractivity (Wildman–Crippen MR) is 153 cm³/mol. The summed E-state index contributed by atoms with van der Waals surface area (Å²) in [5.74, 6) is -0.555. The van der Waals surface area contributed by atoms with Gasteiger partial charge in [-0.05, 0) is 73.7 Å². The molecule has 10 heteroatoms. The van der Waals surface area contributed by atoms with Gasteiger partial charge in [0.25, 0.3) is 10.0 Å². The van der Waals surface area contributed by atoms with Crippen molar-refractivity contribution in [1.82, 2.24) is 0 Å². The summed E-state index contributed by atoms with van der Waals surface area (Å²) in [4.78, 5) is 13.1. The first-order valence-electron chi connectivity index (χ1n) is 11.8. The number of amides is 1. The molecule has 4 aromatic rings. The Kier molecular flexibility index (Phi) is 7.48. The second-order valence-electron chi connectivity index (χ2n) is 9.17. The molecule has 0 aromatic heterocycles. The Morgan fingerprint density at radius 1 is 0.842 bits per heavy atom. The lowest BCUT2D eigenvalue weighted by molar-refractivity contribution is -0.116. The number of sulfonamides is 2. The van der Waals surface area contributed by atoms with Crippen molar-refractivity contribution in [2.24, 2.45) is 0 Å². The molecule has 0 saturated carbocycles. The highest BCUT2D eigenvalue weighted by molar-refractivity contribution is 7.92. The summed E-state index contributed by atoms with van der Waals surface area (Å²) in [6.45, 7) is 5.13. The van der Waals surface area contributed by atoms with E-state index in [0.29, 0.717) is 22.6 Å². The zero-order valence-electron chi connectivity index (χ0n) is 21.5. The maximum absolute atomic E-state index is 13.1. The van der Waals surface area contributed by atoms with Gasteiger partial charge < -0.3 is 5.32 Å². The quantitative estimate of drug-likeness (QED) is 0.318. The summed E-state index contributed by atoms with van der Waals surface area (Å²) in [6, 6.07) is 22.9. The molecule has 4 aromatic carbocycles. The molecule has 2 N–H and O–H groups in total. The number of hydrogen-bond donors (Lipinski definition) is 2. The van der Waals surface area contributed by atoms with Gasteiger partial charge >= 0.3 is 0 Å². The average molecular weight is 552 g/mol. The number of fused-ring (bicyclic) bond motifs is 1. The van der Waals surface area contributed by atoms with Gasteiger partial charge in [0, 0.05) is 11.1 Å². The number of nitrogens with zero attached hydrogens (tertiary/aromatic N) is 1. The summed E-state index contributed by atoms with van der Waals surface area (Å²) in [6.07, 6.45) is 1.06. The summed E-state index contributed by atoms with van der Waals surface area (Å²) < 4.78 is 55.1. The first-order valence-corrected chi connectivity index (χ1v) is 15.2. The molecule has 0 radical (unpaired) electrons. The predicted octanol–water partition coefficient (Wildman–Crippen LogP) is 5.05. The molecule has 0 aliphatic heterocycles. The molecule has 198 valence electrons. The van der Waals surface area contributed by atoms with Crippen LogP contribution in [0.15, 0.2) is 89.8 Å². The van der Waals surface area contributed by atoms with E-state index in [0.717, 1.165) is 26.9 Å². The molecule has 0 aliphatic rings. The Balaban J connectivity index is 1.53. The van der Waals surface area contributed by atoms with Crippen LogP contribution in [0, 0.1) is 13.8 Å². The summed E-state index contributed by atoms with van der Waals surface area (Å²) in [5, 5.41) is 4.37. The van der Waals surface area contributed by atoms with E-state index in [1.165, 1.54) is 31.2 Å². The summed E-state index contributed by atoms with van der Waals surface area (Å²) in [5.41, 5.74) is 2.80. The van der Waals surface area contributed by atoms with Crippen LogP contribution in [-0.2, 0) is 24.8 Å². The lowest BCUT2D eigenvalue weighted by Gasteiger charge is -2.29. The molecule has 0 spiro atoms. The monoisotopic (exact) mass is 551 g/mol. The van der Waals surface area contributed by atoms with E-state index < -0.39 is 32.0 Å². The first kappa shape index (κ1) is 27.2. The minimum Gasteiger partial charge on any atom is -0.324 e. The fourth-order valence-electron chi connectivity index (χ4n) is 4.22. The van der Waals surface area contributed by atoms with Crippen LogP contribution < -0.4 is 14.3 Å². The molecule has 8 nitrogen and oxygen atoms in total. The Labute approximate surface area is 223 Å². The van der Waals surface area contributed by atoms with Crippen LogP contribution in [0.25, 0.3) is 10.8 Å². The summed E-state index contributed by atoms with van der Waals surface area (Å²) >= 11 is 0. The smallest absolute Gasteiger partial charge is 0.261 e. The third-order valence-corrected chi connectivity index (χ3v) is 8.77. The number of hydrogen-bond acceptors (Lipinski definition) is 5. The molecule has 38 heavy (non-hydrogen) atoms. The van der Waals surface area contributed by atoms with Crippen LogP contribution in [0.1, 0.15) is 18.1 Å². The molecule has 0 unspecified atom stereocenters. The van der Waals surface area contributed by atoms with Gasteiger partial charge in [-0.3, -0.25) is 13.8 Å². The molecule has 0 fully saturated rings. The van der Waals surface area contributed by atoms with Crippen molar-refractivity contribution in [2.75, 3.05) is 20.6 Å². The number of benzene rings is 4. The highest BCUT2D eigenvalue weighted by atomic mass is 32.2. The van der Waals surface area contributed by atoms with E-state index in [1.807, 2.05) is 43.3 Å². The highest BCUT2D eigenvalue weighted by Crippen LogP contribution is 2.28. The van der Waals surface area contributed by atoms with E-state index in [-0.39, 0.29) is 4.90 Å². The standard InChI is InChI=1S/C28H29N3O5S2/c1-19-12-13-20(2)27(18-19)31(37(4,33)34)21(3)28(32)29-23-14-16-24(17-15-23)38(35,36)30-26-11-7-9-22-8-5-6-10-25(22)26/h5-18,21,30H,1-4H3,(H,29,32)/t21-/m1/s1. The van der Waals surface area contributed by atoms with Crippen molar-refractivity contribution in [3.63, 3.8) is 0 Å². The number of carbonyl (C=O) groups is 1. The fraction of sp³-hybridized carbons (Fsp3) is 0.179. The molecule has 0 bridgehead atoms. The van der Waals surface area contributed by atoms with Gasteiger partial charge in [-0.2, -0.15) is 0 Å². The Morgan fingerprint density at radius 3 is 2.18 bits per heavy atom. The number of aryl methyl sites for hydroxylation is 2. The van der Waals surface area contributed by atoms with Gasteiger partial charge in [-0.1, -0.05) is 48.5 Å². The van der Waals surface area contributed by atoms with Crippen molar-refractivity contribution in [2.45, 2.75) is 31.7 Å². The second kappa shape index (κ2) is 10.5. The van der Waals surface area contributed by atoms with E-state index >= 15 is 0 Å². The van der Waals surface area contributed by atoms with Crippen LogP contribution in [-0.4, -0.2) is 35.0 Å². The fourth-order valence-corrected chi connectivity index (χ4v) is 6.52. The maximum Gasteiger partial charge on any atom is 0.261 e. The van der Waals surface area contributed by atoms with Crippen molar-refractivity contribution < 1.29 is 21.6 Å². The number of carbonyl (C=O) groups excluding carboxylic acids is 1. The Bertz CT molecular complexity index is 1710. The van der Waals surface area contributed by atoms with Crippen LogP contribution in [0.2, 0.25) is 0 Å². The lowest BCUT2D eigenvalue weighted by Crippen LogP contribution is -2.45. The molecular formula is C28H29N3O5S2. The SMILES string of the molecule is Cc1ccc(C)c(N([C@H](C)C(=O)Nc2ccc(S(=O)(=O)Nc3cccc4ccccc34)cc2)S(C)(=O)=O)c1. The Morgan fingerprint density at radius 2 is 1.50 bits per heavy atom. The molecule has 0 heterocycles. The second-order valence-corrected chi connectivity index (χ2v) is 12.7. The number of rotatable bonds is 8. The molecule has 0 aliphatic carbocycles. The van der Waals surface area contributed by atoms with Gasteiger partial charge in [0.15, 0.2) is 0 Å². The van der Waals surface area contributed by atoms with E-state index in [1.54, 1.807) is 31.2 Å². The maximum atomic E-state index is 13.1. The number of nitrogens with one attached hydrogen (secondary N) is 2. The largest absolute Gasteiger partial charge is 0.324 e. The third-order valence-electron chi connectivity index (χ3n) is 6.16. The minimum absolute atomic E-state index is 0.0182. The zero-order chi connectivity index (χ0) is 27.7. The van der Waals surface area contributed by atoms with Gasteiger partial charge in [0.2, 0.25) is 15.9 Å². The van der Waals surface area contributed by atoms with Gasteiger partial charge in [-0.15, -0.1) is 0 Å². The van der Waals surface area contributed by atoms with Crippen LogP contribution in [0.3, 0.4) is 0 Å². The lowest BCUT2D eigenvalue weighted by atomic mass is 10.1. The molecule has 4 rings (SSSR count). The minimum atomic E-state index is -3.89. The highest BCUT2D eigenvalue weighted by Gasteiger charge is 2.30. The zero-order valence-corrected chi connectivity index (χ0v) is 23.1. The van der Waals surface area contributed by atoms with Gasteiger partial charge in [-0.25, -0.2) is 16.8 Å². The van der Waals surface area contributed by atoms with Crippen molar-refractivity contribution >= 4 is 53.8 Å². The van der Waals surface area contributed by atoms with Crippen molar-refractivity contribution in [3.8, 4) is 0 Å². The average Bonchev–Trinajstić information content (AvgIpc) is 2.86. The van der Waals surface area contributed by atoms with Crippen LogP contribution >= 0.6 is 0 Å². The summed E-state index contributed by atoms with van der Waals surface area (Å²) in [7, 11) is -7.67. The van der Waals surface area contributed by atoms with Crippen LogP contribution in [0.4, 0.5) is 17.1 Å². The van der Waals surface area contributed by atoms with E-state index in [2.05, 4.69) is 10.0 Å². The Hall–Kier alpha value is -3.89. The normalized spacial score (nSPS) is 12.6.